The molecule has 0 aliphatic heterocycles. The number of hydrogen-bond donors (Lipinski definition) is 0. The van der Waals surface area contributed by atoms with Gasteiger partial charge in [0.15, 0.2) is 0 Å². The maximum absolute atomic E-state index is 12.5. The Hall–Kier alpha value is -1.12. The molecule has 2 aromatic rings. The topological polar surface area (TPSA) is 38.9 Å². The van der Waals surface area contributed by atoms with Crippen LogP contribution in [0.1, 0.15) is 11.5 Å². The lowest BCUT2D eigenvalue weighted by atomic mass is 10.1. The SMILES string of the molecule is FC(F)(F)c1cccc(-c2noc(CI)n2)c1. The van der Waals surface area contributed by atoms with Gasteiger partial charge in [-0.15, -0.1) is 0 Å². The first-order valence-corrected chi connectivity index (χ1v) is 6.09. The summed E-state index contributed by atoms with van der Waals surface area (Å²) in [4.78, 5) is 3.97. The molecular weight excluding hydrogens is 348 g/mol. The molecule has 0 fully saturated rings. The third-order valence-electron chi connectivity index (χ3n) is 2.03. The molecule has 1 heterocycles. The van der Waals surface area contributed by atoms with Gasteiger partial charge >= 0.3 is 6.18 Å². The summed E-state index contributed by atoms with van der Waals surface area (Å²) >= 11 is 2.03. The first-order chi connectivity index (χ1) is 8.00. The van der Waals surface area contributed by atoms with Crippen molar-refractivity contribution in [3.05, 3.63) is 35.7 Å². The Morgan fingerprint density at radius 1 is 1.29 bits per heavy atom. The van der Waals surface area contributed by atoms with Crippen LogP contribution in [0.3, 0.4) is 0 Å². The predicted octanol–water partition coefficient (Wildman–Crippen LogP) is 3.69. The molecule has 0 N–H and O–H groups in total. The number of alkyl halides is 4. The molecule has 1 aromatic carbocycles. The van der Waals surface area contributed by atoms with Crippen LogP contribution in [-0.4, -0.2) is 10.1 Å². The van der Waals surface area contributed by atoms with Crippen molar-refractivity contribution in [2.24, 2.45) is 0 Å². The van der Waals surface area contributed by atoms with Crippen LogP contribution in [0, 0.1) is 0 Å². The average Bonchev–Trinajstić information content (AvgIpc) is 2.76. The van der Waals surface area contributed by atoms with Crippen LogP contribution in [-0.2, 0) is 10.6 Å². The van der Waals surface area contributed by atoms with Crippen LogP contribution in [0.4, 0.5) is 13.2 Å². The molecule has 0 aliphatic carbocycles. The Balaban J connectivity index is 2.39. The standard InChI is InChI=1S/C10H6F3IN2O/c11-10(12,13)7-3-1-2-6(4-7)9-15-8(5-14)17-16-9/h1-4H,5H2. The molecule has 2 rings (SSSR count). The highest BCUT2D eigenvalue weighted by Gasteiger charge is 2.30. The molecule has 3 nitrogen and oxygen atoms in total. The van der Waals surface area contributed by atoms with Gasteiger partial charge in [-0.2, -0.15) is 18.2 Å². The highest BCUT2D eigenvalue weighted by molar-refractivity contribution is 14.1. The zero-order chi connectivity index (χ0) is 12.5. The minimum Gasteiger partial charge on any atom is -0.338 e. The maximum atomic E-state index is 12.5. The number of benzene rings is 1. The lowest BCUT2D eigenvalue weighted by Gasteiger charge is -2.06. The van der Waals surface area contributed by atoms with E-state index in [4.69, 9.17) is 4.52 Å². The molecule has 0 unspecified atom stereocenters. The fourth-order valence-electron chi connectivity index (χ4n) is 1.26. The molecule has 90 valence electrons. The Bertz CT molecular complexity index is 524. The van der Waals surface area contributed by atoms with Crippen molar-refractivity contribution in [3.8, 4) is 11.4 Å². The largest absolute Gasteiger partial charge is 0.416 e. The summed E-state index contributed by atoms with van der Waals surface area (Å²) < 4.78 is 42.8. The number of nitrogens with zero attached hydrogens (tertiary/aromatic N) is 2. The van der Waals surface area contributed by atoms with Crippen molar-refractivity contribution in [1.29, 1.82) is 0 Å². The zero-order valence-electron chi connectivity index (χ0n) is 8.33. The van der Waals surface area contributed by atoms with E-state index in [2.05, 4.69) is 10.1 Å². The second kappa shape index (κ2) is 4.63. The van der Waals surface area contributed by atoms with E-state index in [1.807, 2.05) is 22.6 Å². The highest BCUT2D eigenvalue weighted by atomic mass is 127. The van der Waals surface area contributed by atoms with Crippen LogP contribution in [0.15, 0.2) is 28.8 Å². The van der Waals surface area contributed by atoms with Crippen molar-refractivity contribution in [2.75, 3.05) is 0 Å². The second-order valence-corrected chi connectivity index (χ2v) is 3.99. The van der Waals surface area contributed by atoms with Crippen molar-refractivity contribution in [1.82, 2.24) is 10.1 Å². The maximum Gasteiger partial charge on any atom is 0.416 e. The van der Waals surface area contributed by atoms with E-state index in [0.29, 0.717) is 15.9 Å². The van der Waals surface area contributed by atoms with Gasteiger partial charge in [-0.3, -0.25) is 0 Å². The van der Waals surface area contributed by atoms with E-state index < -0.39 is 11.7 Å². The van der Waals surface area contributed by atoms with E-state index in [1.54, 1.807) is 0 Å². The quantitative estimate of drug-likeness (QED) is 0.610. The monoisotopic (exact) mass is 354 g/mol. The summed E-state index contributed by atoms with van der Waals surface area (Å²) in [5.74, 6) is 0.556. The number of halogens is 4. The summed E-state index contributed by atoms with van der Waals surface area (Å²) in [5, 5.41) is 3.62. The van der Waals surface area contributed by atoms with Gasteiger partial charge in [0.1, 0.15) is 0 Å². The lowest BCUT2D eigenvalue weighted by Crippen LogP contribution is -2.04. The molecule has 0 radical (unpaired) electrons. The molecule has 17 heavy (non-hydrogen) atoms. The van der Waals surface area contributed by atoms with E-state index in [1.165, 1.54) is 12.1 Å². The van der Waals surface area contributed by atoms with Gasteiger partial charge in [0.2, 0.25) is 11.7 Å². The Morgan fingerprint density at radius 2 is 2.06 bits per heavy atom. The van der Waals surface area contributed by atoms with Gasteiger partial charge in [-0.25, -0.2) is 0 Å². The number of rotatable bonds is 2. The lowest BCUT2D eigenvalue weighted by molar-refractivity contribution is -0.137. The van der Waals surface area contributed by atoms with Gasteiger partial charge in [0.05, 0.1) is 9.99 Å². The molecule has 0 amide bonds. The zero-order valence-corrected chi connectivity index (χ0v) is 10.5. The summed E-state index contributed by atoms with van der Waals surface area (Å²) in [6.07, 6.45) is -4.37. The van der Waals surface area contributed by atoms with Crippen molar-refractivity contribution in [2.45, 2.75) is 10.6 Å². The molecule has 1 aromatic heterocycles. The summed E-state index contributed by atoms with van der Waals surface area (Å²) in [7, 11) is 0. The van der Waals surface area contributed by atoms with Crippen molar-refractivity contribution < 1.29 is 17.7 Å². The van der Waals surface area contributed by atoms with Gasteiger partial charge in [0, 0.05) is 5.56 Å². The van der Waals surface area contributed by atoms with Crippen LogP contribution in [0.2, 0.25) is 0 Å². The Morgan fingerprint density at radius 3 is 2.65 bits per heavy atom. The molecule has 0 atom stereocenters. The van der Waals surface area contributed by atoms with Crippen molar-refractivity contribution in [3.63, 3.8) is 0 Å². The van der Waals surface area contributed by atoms with Crippen LogP contribution in [0.5, 0.6) is 0 Å². The van der Waals surface area contributed by atoms with Gasteiger partial charge in [-0.05, 0) is 12.1 Å². The fraction of sp³-hybridized carbons (Fsp3) is 0.200. The third kappa shape index (κ3) is 2.76. The van der Waals surface area contributed by atoms with Gasteiger partial charge in [-0.1, -0.05) is 39.9 Å². The van der Waals surface area contributed by atoms with Crippen LogP contribution < -0.4 is 0 Å². The summed E-state index contributed by atoms with van der Waals surface area (Å²) in [6, 6.07) is 4.83. The van der Waals surface area contributed by atoms with Gasteiger partial charge < -0.3 is 4.52 Å². The molecule has 0 bridgehead atoms. The smallest absolute Gasteiger partial charge is 0.338 e. The van der Waals surface area contributed by atoms with Crippen molar-refractivity contribution >= 4 is 22.6 Å². The Labute approximate surface area is 108 Å². The van der Waals surface area contributed by atoms with E-state index in [0.717, 1.165) is 12.1 Å². The number of hydrogen-bond acceptors (Lipinski definition) is 3. The molecule has 0 saturated carbocycles. The molecule has 0 aliphatic rings. The highest BCUT2D eigenvalue weighted by Crippen LogP contribution is 2.31. The fourth-order valence-corrected chi connectivity index (χ4v) is 1.57. The predicted molar refractivity (Wildman–Crippen MR) is 62.5 cm³/mol. The average molecular weight is 354 g/mol. The van der Waals surface area contributed by atoms with Gasteiger partial charge in [0.25, 0.3) is 0 Å². The number of aromatic nitrogens is 2. The van der Waals surface area contributed by atoms with E-state index in [9.17, 15) is 13.2 Å². The first-order valence-electron chi connectivity index (χ1n) is 4.57. The summed E-state index contributed by atoms with van der Waals surface area (Å²) in [5.41, 5.74) is -0.435. The van der Waals surface area contributed by atoms with E-state index in [-0.39, 0.29) is 5.82 Å². The third-order valence-corrected chi connectivity index (χ3v) is 2.68. The second-order valence-electron chi connectivity index (χ2n) is 3.22. The molecular formula is C10H6F3IN2O. The normalized spacial score (nSPS) is 11.8. The summed E-state index contributed by atoms with van der Waals surface area (Å²) in [6.45, 7) is 0. The minimum atomic E-state index is -4.37. The molecule has 7 heteroatoms. The van der Waals surface area contributed by atoms with E-state index >= 15 is 0 Å². The minimum absolute atomic E-state index is 0.169. The van der Waals surface area contributed by atoms with Crippen LogP contribution >= 0.6 is 22.6 Å². The Kier molecular flexibility index (Phi) is 3.36. The molecule has 0 saturated heterocycles. The first kappa shape index (κ1) is 12.3. The molecule has 0 spiro atoms. The van der Waals surface area contributed by atoms with Crippen LogP contribution in [0.25, 0.3) is 11.4 Å².